The second-order valence-corrected chi connectivity index (χ2v) is 14.5. The van der Waals surface area contributed by atoms with E-state index in [9.17, 15) is 19.5 Å². The maximum absolute atomic E-state index is 13.9. The van der Waals surface area contributed by atoms with E-state index < -0.39 is 85.9 Å². The summed E-state index contributed by atoms with van der Waals surface area (Å²) in [7, 11) is 1.35. The van der Waals surface area contributed by atoms with E-state index in [4.69, 9.17) is 42.6 Å². The number of benzene rings is 5. The molecule has 0 unspecified atom stereocenters. The Hall–Kier alpha value is -5.77. The average Bonchev–Trinajstić information content (AvgIpc) is 3.31. The Labute approximate surface area is 354 Å². The molecule has 2 saturated heterocycles. The van der Waals surface area contributed by atoms with Crippen molar-refractivity contribution in [2.75, 3.05) is 13.7 Å². The van der Waals surface area contributed by atoms with Gasteiger partial charge in [0.15, 0.2) is 30.9 Å². The van der Waals surface area contributed by atoms with Crippen LogP contribution in [-0.4, -0.2) is 98.1 Å². The van der Waals surface area contributed by atoms with Crippen LogP contribution in [0.3, 0.4) is 0 Å². The number of carbonyl (C=O) groups excluding carboxylic acids is 3. The second kappa shape index (κ2) is 21.2. The molecule has 0 aliphatic carbocycles. The van der Waals surface area contributed by atoms with Gasteiger partial charge in [0.1, 0.15) is 31.0 Å². The van der Waals surface area contributed by atoms with Gasteiger partial charge in [-0.05, 0) is 54.4 Å². The molecule has 0 saturated carbocycles. The van der Waals surface area contributed by atoms with Crippen molar-refractivity contribution in [1.82, 2.24) is 0 Å². The molecule has 0 aromatic heterocycles. The first-order chi connectivity index (χ1) is 29.8. The van der Waals surface area contributed by atoms with E-state index >= 15 is 0 Å². The van der Waals surface area contributed by atoms with Gasteiger partial charge in [-0.25, -0.2) is 14.4 Å². The van der Waals surface area contributed by atoms with Crippen LogP contribution in [0.2, 0.25) is 0 Å². The van der Waals surface area contributed by atoms with Gasteiger partial charge in [-0.1, -0.05) is 115 Å². The zero-order valence-corrected chi connectivity index (χ0v) is 33.7. The molecule has 0 spiro atoms. The lowest BCUT2D eigenvalue weighted by Gasteiger charge is -2.48. The van der Waals surface area contributed by atoms with Gasteiger partial charge >= 0.3 is 17.9 Å². The SMILES string of the molecule is CO[C@H]1O[C@H](COC(=O)c2ccccc2)[C@@H](OC(=O)c2ccccc2)[C@H](OC(=O)c2ccccc2)[C@H]1O[C@H]1O[C@@H](C)[C@H](OCc2ccccc2)[C@@H](OCc2ccccc2)[C@H]1O. The van der Waals surface area contributed by atoms with Gasteiger partial charge in [-0.15, -0.1) is 0 Å². The summed E-state index contributed by atoms with van der Waals surface area (Å²) in [6.07, 6.45) is -12.3. The third-order valence-electron chi connectivity index (χ3n) is 10.3. The molecule has 10 atom stereocenters. The van der Waals surface area contributed by atoms with Crippen LogP contribution in [0.5, 0.6) is 0 Å². The van der Waals surface area contributed by atoms with Crippen molar-refractivity contribution in [3.8, 4) is 0 Å². The molecule has 2 aliphatic heterocycles. The summed E-state index contributed by atoms with van der Waals surface area (Å²) >= 11 is 0. The van der Waals surface area contributed by atoms with Crippen molar-refractivity contribution in [1.29, 1.82) is 0 Å². The lowest BCUT2D eigenvalue weighted by molar-refractivity contribution is -0.365. The smallest absolute Gasteiger partial charge is 0.338 e. The molecule has 1 N–H and O–H groups in total. The van der Waals surface area contributed by atoms with Crippen molar-refractivity contribution in [2.24, 2.45) is 0 Å². The van der Waals surface area contributed by atoms with Gasteiger partial charge in [0.2, 0.25) is 0 Å². The number of aliphatic hydroxyl groups is 1. The minimum atomic E-state index is -1.48. The molecule has 13 heteroatoms. The Balaban J connectivity index is 1.21. The largest absolute Gasteiger partial charge is 0.459 e. The number of hydrogen-bond donors (Lipinski definition) is 1. The highest BCUT2D eigenvalue weighted by molar-refractivity contribution is 5.91. The van der Waals surface area contributed by atoms with Crippen LogP contribution >= 0.6 is 0 Å². The van der Waals surface area contributed by atoms with E-state index in [1.807, 2.05) is 60.7 Å². The quantitative estimate of drug-likeness (QED) is 0.0872. The van der Waals surface area contributed by atoms with Crippen LogP contribution in [0.15, 0.2) is 152 Å². The standard InChI is InChI=1S/C48H48O13/c1-31-39(54-28-32-18-8-3-9-19-32)41(55-29-33-20-10-4-11-21-33)38(49)47(57-31)61-43-42(60-46(52)36-26-16-7-17-27-36)40(59-45(51)35-24-14-6-15-25-35)37(58-48(43)53-2)30-56-44(50)34-22-12-5-13-23-34/h3-27,31,37-43,47-49H,28-30H2,1-2H3/t31-,37+,38+,39-,40+,41-,42-,43+,47+,48-/m0/s1. The van der Waals surface area contributed by atoms with Gasteiger partial charge in [-0.2, -0.15) is 0 Å². The molecule has 7 rings (SSSR count). The average molecular weight is 833 g/mol. The van der Waals surface area contributed by atoms with Crippen LogP contribution in [-0.2, 0) is 55.8 Å². The van der Waals surface area contributed by atoms with E-state index in [2.05, 4.69) is 0 Å². The first-order valence-electron chi connectivity index (χ1n) is 20.0. The van der Waals surface area contributed by atoms with Crippen molar-refractivity contribution in [3.05, 3.63) is 179 Å². The maximum Gasteiger partial charge on any atom is 0.338 e. The van der Waals surface area contributed by atoms with Crippen LogP contribution in [0.25, 0.3) is 0 Å². The summed E-state index contributed by atoms with van der Waals surface area (Å²) in [5.74, 6) is -2.23. The Bertz CT molecular complexity index is 2120. The minimum absolute atomic E-state index is 0.138. The molecule has 13 nitrogen and oxygen atoms in total. The highest BCUT2D eigenvalue weighted by atomic mass is 16.8. The van der Waals surface area contributed by atoms with Crippen molar-refractivity contribution in [2.45, 2.75) is 81.5 Å². The molecule has 61 heavy (non-hydrogen) atoms. The molecule has 2 aliphatic rings. The van der Waals surface area contributed by atoms with E-state index in [0.29, 0.717) is 0 Å². The van der Waals surface area contributed by atoms with Crippen molar-refractivity contribution in [3.63, 3.8) is 0 Å². The highest BCUT2D eigenvalue weighted by Crippen LogP contribution is 2.35. The Morgan fingerprint density at radius 2 is 0.967 bits per heavy atom. The third-order valence-corrected chi connectivity index (χ3v) is 10.3. The number of ether oxygens (including phenoxy) is 9. The minimum Gasteiger partial charge on any atom is -0.459 e. The van der Waals surface area contributed by atoms with Gasteiger partial charge in [0.25, 0.3) is 0 Å². The molecule has 0 radical (unpaired) electrons. The number of aliphatic hydroxyl groups excluding tert-OH is 1. The fourth-order valence-electron chi connectivity index (χ4n) is 7.18. The van der Waals surface area contributed by atoms with Crippen molar-refractivity contribution >= 4 is 17.9 Å². The zero-order chi connectivity index (χ0) is 42.6. The summed E-state index contributed by atoms with van der Waals surface area (Å²) in [6.45, 7) is 1.68. The van der Waals surface area contributed by atoms with Crippen molar-refractivity contribution < 1.29 is 62.1 Å². The second-order valence-electron chi connectivity index (χ2n) is 14.5. The summed E-state index contributed by atoms with van der Waals surface area (Å²) in [5.41, 5.74) is 2.44. The van der Waals surface area contributed by atoms with Crippen LogP contribution in [0, 0.1) is 0 Å². The molecular formula is C48H48O13. The predicted molar refractivity (Wildman–Crippen MR) is 219 cm³/mol. The van der Waals surface area contributed by atoms with Crippen LogP contribution in [0.1, 0.15) is 49.1 Å². The number of rotatable bonds is 16. The Morgan fingerprint density at radius 1 is 0.525 bits per heavy atom. The maximum atomic E-state index is 13.9. The summed E-state index contributed by atoms with van der Waals surface area (Å²) in [4.78, 5) is 40.9. The molecular weight excluding hydrogens is 785 g/mol. The molecule has 5 aromatic carbocycles. The number of esters is 3. The Morgan fingerprint density at radius 3 is 1.46 bits per heavy atom. The molecule has 318 valence electrons. The van der Waals surface area contributed by atoms with E-state index in [1.165, 1.54) is 7.11 Å². The summed E-state index contributed by atoms with van der Waals surface area (Å²) < 4.78 is 55.9. The van der Waals surface area contributed by atoms with Crippen LogP contribution < -0.4 is 0 Å². The first kappa shape index (κ1) is 43.3. The van der Waals surface area contributed by atoms with Crippen LogP contribution in [0.4, 0.5) is 0 Å². The van der Waals surface area contributed by atoms with E-state index in [-0.39, 0.29) is 29.9 Å². The molecule has 5 aromatic rings. The molecule has 0 amide bonds. The lowest BCUT2D eigenvalue weighted by Crippen LogP contribution is -2.66. The molecule has 2 fully saturated rings. The van der Waals surface area contributed by atoms with E-state index in [0.717, 1.165) is 11.1 Å². The number of carbonyl (C=O) groups is 3. The van der Waals surface area contributed by atoms with Gasteiger partial charge in [-0.3, -0.25) is 0 Å². The summed E-state index contributed by atoms with van der Waals surface area (Å²) in [6, 6.07) is 43.8. The number of methoxy groups -OCH3 is 1. The topological polar surface area (TPSA) is 155 Å². The van der Waals surface area contributed by atoms with Gasteiger partial charge in [0.05, 0.1) is 36.0 Å². The van der Waals surface area contributed by atoms with Gasteiger partial charge in [0, 0.05) is 7.11 Å². The normalized spacial score (nSPS) is 26.1. The summed E-state index contributed by atoms with van der Waals surface area (Å²) in [5, 5.41) is 12.1. The Kier molecular flexibility index (Phi) is 15.0. The molecule has 2 heterocycles. The first-order valence-corrected chi connectivity index (χ1v) is 20.0. The highest BCUT2D eigenvalue weighted by Gasteiger charge is 2.55. The lowest BCUT2D eigenvalue weighted by atomic mass is 9.96. The predicted octanol–water partition coefficient (Wildman–Crippen LogP) is 6.33. The third kappa shape index (κ3) is 11.1. The fourth-order valence-corrected chi connectivity index (χ4v) is 7.18. The van der Waals surface area contributed by atoms with Gasteiger partial charge < -0.3 is 47.7 Å². The fraction of sp³-hybridized carbons (Fsp3) is 0.312. The monoisotopic (exact) mass is 832 g/mol. The number of hydrogen-bond acceptors (Lipinski definition) is 13. The molecule has 0 bridgehead atoms. The van der Waals surface area contributed by atoms with E-state index in [1.54, 1.807) is 97.9 Å². The zero-order valence-electron chi connectivity index (χ0n) is 33.7.